The van der Waals surface area contributed by atoms with Crippen LogP contribution in [0.15, 0.2) is 42.5 Å². The minimum absolute atomic E-state index is 0.302. The molecule has 2 nitrogen and oxygen atoms in total. The maximum atomic E-state index is 13.6. The Bertz CT molecular complexity index is 555. The first-order chi connectivity index (χ1) is 9.11. The number of ether oxygens (including phenoxy) is 1. The molecule has 19 heavy (non-hydrogen) atoms. The van der Waals surface area contributed by atoms with Gasteiger partial charge >= 0.3 is 0 Å². The molecular weight excluding hydrogens is 248 g/mol. The number of rotatable bonds is 4. The monoisotopic (exact) mass is 263 g/mol. The Morgan fingerprint density at radius 3 is 2.37 bits per heavy atom. The maximum absolute atomic E-state index is 13.6. The molecule has 4 heteroatoms. The number of halogens is 2. The highest BCUT2D eigenvalue weighted by Gasteiger charge is 2.13. The van der Waals surface area contributed by atoms with Crippen LogP contribution < -0.4 is 10.1 Å². The summed E-state index contributed by atoms with van der Waals surface area (Å²) in [5.41, 5.74) is 1.12. The van der Waals surface area contributed by atoms with Gasteiger partial charge in [0.1, 0.15) is 5.75 Å². The fourth-order valence-electron chi connectivity index (χ4n) is 1.87. The highest BCUT2D eigenvalue weighted by molar-refractivity contribution is 5.48. The SMILES string of the molecule is COc1ccc(NC(C)c2cccc(F)c2F)cc1. The van der Waals surface area contributed by atoms with E-state index in [1.807, 2.05) is 12.1 Å². The van der Waals surface area contributed by atoms with Crippen LogP contribution in [0.5, 0.6) is 5.75 Å². The smallest absolute Gasteiger partial charge is 0.164 e. The Kier molecular flexibility index (Phi) is 4.00. The predicted octanol–water partition coefficient (Wildman–Crippen LogP) is 4.15. The van der Waals surface area contributed by atoms with E-state index in [1.165, 1.54) is 6.07 Å². The zero-order valence-electron chi connectivity index (χ0n) is 10.8. The zero-order chi connectivity index (χ0) is 13.8. The standard InChI is InChI=1S/C15H15F2NO/c1-10(13-4-3-5-14(16)15(13)17)18-11-6-8-12(19-2)9-7-11/h3-10,18H,1-2H3. The van der Waals surface area contributed by atoms with Crippen molar-refractivity contribution in [3.05, 3.63) is 59.7 Å². The molecule has 0 spiro atoms. The molecule has 100 valence electrons. The van der Waals surface area contributed by atoms with Gasteiger partial charge in [-0.05, 0) is 37.3 Å². The van der Waals surface area contributed by atoms with Gasteiger partial charge in [0.25, 0.3) is 0 Å². The third kappa shape index (κ3) is 3.02. The van der Waals surface area contributed by atoms with E-state index in [2.05, 4.69) is 5.32 Å². The molecule has 0 saturated carbocycles. The summed E-state index contributed by atoms with van der Waals surface area (Å²) in [6, 6.07) is 11.1. The van der Waals surface area contributed by atoms with Gasteiger partial charge in [0.05, 0.1) is 13.2 Å². The normalized spacial score (nSPS) is 12.0. The van der Waals surface area contributed by atoms with Crippen LogP contribution in [-0.4, -0.2) is 7.11 Å². The van der Waals surface area contributed by atoms with Crippen LogP contribution >= 0.6 is 0 Å². The molecule has 0 aliphatic heterocycles. The summed E-state index contributed by atoms with van der Waals surface area (Å²) in [6.07, 6.45) is 0. The lowest BCUT2D eigenvalue weighted by molar-refractivity contribution is 0.415. The first-order valence-electron chi connectivity index (χ1n) is 5.96. The first-order valence-corrected chi connectivity index (χ1v) is 5.96. The molecule has 0 amide bonds. The minimum atomic E-state index is -0.833. The fraction of sp³-hybridized carbons (Fsp3) is 0.200. The third-order valence-corrected chi connectivity index (χ3v) is 2.92. The van der Waals surface area contributed by atoms with E-state index in [0.717, 1.165) is 17.5 Å². The van der Waals surface area contributed by atoms with E-state index in [-0.39, 0.29) is 6.04 Å². The van der Waals surface area contributed by atoms with Crippen molar-refractivity contribution in [2.45, 2.75) is 13.0 Å². The Labute approximate surface area is 111 Å². The molecule has 0 saturated heterocycles. The van der Waals surface area contributed by atoms with Gasteiger partial charge in [0.2, 0.25) is 0 Å². The molecule has 0 aliphatic carbocycles. The van der Waals surface area contributed by atoms with E-state index in [0.29, 0.717) is 5.56 Å². The van der Waals surface area contributed by atoms with Crippen molar-refractivity contribution >= 4 is 5.69 Å². The topological polar surface area (TPSA) is 21.3 Å². The van der Waals surface area contributed by atoms with Gasteiger partial charge in [-0.2, -0.15) is 0 Å². The molecule has 2 rings (SSSR count). The molecule has 1 N–H and O–H groups in total. The van der Waals surface area contributed by atoms with E-state index < -0.39 is 11.6 Å². The molecular formula is C15H15F2NO. The number of methoxy groups -OCH3 is 1. The number of hydrogen-bond donors (Lipinski definition) is 1. The van der Waals surface area contributed by atoms with Crippen molar-refractivity contribution < 1.29 is 13.5 Å². The summed E-state index contributed by atoms with van der Waals surface area (Å²) >= 11 is 0. The van der Waals surface area contributed by atoms with Crippen molar-refractivity contribution in [1.82, 2.24) is 0 Å². The van der Waals surface area contributed by atoms with Crippen LogP contribution in [0.4, 0.5) is 14.5 Å². The zero-order valence-corrected chi connectivity index (χ0v) is 10.8. The average molecular weight is 263 g/mol. The van der Waals surface area contributed by atoms with Crippen molar-refractivity contribution in [3.8, 4) is 5.75 Å². The molecule has 0 heterocycles. The van der Waals surface area contributed by atoms with Gasteiger partial charge in [-0.25, -0.2) is 8.78 Å². The van der Waals surface area contributed by atoms with Crippen molar-refractivity contribution in [3.63, 3.8) is 0 Å². The Morgan fingerprint density at radius 2 is 1.74 bits per heavy atom. The lowest BCUT2D eigenvalue weighted by Crippen LogP contribution is -2.09. The number of benzene rings is 2. The fourth-order valence-corrected chi connectivity index (χ4v) is 1.87. The Balaban J connectivity index is 2.15. The molecule has 0 bridgehead atoms. The van der Waals surface area contributed by atoms with Gasteiger partial charge in [-0.1, -0.05) is 12.1 Å². The van der Waals surface area contributed by atoms with E-state index >= 15 is 0 Å². The quantitative estimate of drug-likeness (QED) is 0.894. The van der Waals surface area contributed by atoms with Gasteiger partial charge in [0, 0.05) is 11.3 Å². The van der Waals surface area contributed by atoms with Crippen LogP contribution in [0.1, 0.15) is 18.5 Å². The molecule has 2 aromatic rings. The van der Waals surface area contributed by atoms with Crippen molar-refractivity contribution in [1.29, 1.82) is 0 Å². The largest absolute Gasteiger partial charge is 0.497 e. The van der Waals surface area contributed by atoms with Crippen molar-refractivity contribution in [2.24, 2.45) is 0 Å². The second kappa shape index (κ2) is 5.69. The highest BCUT2D eigenvalue weighted by atomic mass is 19.2. The van der Waals surface area contributed by atoms with Crippen molar-refractivity contribution in [2.75, 3.05) is 12.4 Å². The second-order valence-corrected chi connectivity index (χ2v) is 4.24. The number of nitrogens with one attached hydrogen (secondary N) is 1. The summed E-state index contributed by atoms with van der Waals surface area (Å²) in [4.78, 5) is 0. The lowest BCUT2D eigenvalue weighted by atomic mass is 10.1. The summed E-state index contributed by atoms with van der Waals surface area (Å²) in [6.45, 7) is 1.78. The lowest BCUT2D eigenvalue weighted by Gasteiger charge is -2.16. The third-order valence-electron chi connectivity index (χ3n) is 2.92. The summed E-state index contributed by atoms with van der Waals surface area (Å²) in [5, 5.41) is 3.12. The number of anilines is 1. The maximum Gasteiger partial charge on any atom is 0.164 e. The summed E-state index contributed by atoms with van der Waals surface area (Å²) in [5.74, 6) is -0.896. The van der Waals surface area contributed by atoms with Crippen LogP contribution in [0.25, 0.3) is 0 Å². The van der Waals surface area contributed by atoms with Crippen LogP contribution in [0.3, 0.4) is 0 Å². The molecule has 0 aromatic heterocycles. The van der Waals surface area contributed by atoms with E-state index in [9.17, 15) is 8.78 Å². The summed E-state index contributed by atoms with van der Waals surface area (Å²) < 4.78 is 31.9. The van der Waals surface area contributed by atoms with E-state index in [1.54, 1.807) is 32.2 Å². The molecule has 1 unspecified atom stereocenters. The minimum Gasteiger partial charge on any atom is -0.497 e. The Hall–Kier alpha value is -2.10. The highest BCUT2D eigenvalue weighted by Crippen LogP contribution is 2.24. The summed E-state index contributed by atoms with van der Waals surface area (Å²) in [7, 11) is 1.59. The average Bonchev–Trinajstić information content (AvgIpc) is 2.42. The predicted molar refractivity (Wildman–Crippen MR) is 71.4 cm³/mol. The number of hydrogen-bond acceptors (Lipinski definition) is 2. The molecule has 0 fully saturated rings. The van der Waals surface area contributed by atoms with Crippen LogP contribution in [0.2, 0.25) is 0 Å². The second-order valence-electron chi connectivity index (χ2n) is 4.24. The first kappa shape index (κ1) is 13.3. The van der Waals surface area contributed by atoms with E-state index in [4.69, 9.17) is 4.74 Å². The molecule has 1 atom stereocenters. The Morgan fingerprint density at radius 1 is 1.05 bits per heavy atom. The van der Waals surface area contributed by atoms with Gasteiger partial charge in [0.15, 0.2) is 11.6 Å². The van der Waals surface area contributed by atoms with Crippen LogP contribution in [0, 0.1) is 11.6 Å². The molecule has 0 radical (unpaired) electrons. The van der Waals surface area contributed by atoms with Gasteiger partial charge < -0.3 is 10.1 Å². The molecule has 2 aromatic carbocycles. The van der Waals surface area contributed by atoms with Crippen LogP contribution in [-0.2, 0) is 0 Å². The van der Waals surface area contributed by atoms with Gasteiger partial charge in [-0.15, -0.1) is 0 Å². The molecule has 0 aliphatic rings. The van der Waals surface area contributed by atoms with Gasteiger partial charge in [-0.3, -0.25) is 0 Å².